The fraction of sp³-hybridized carbons (Fsp3) is 0.364. The number of carboxylic acids is 1. The van der Waals surface area contributed by atoms with Crippen molar-refractivity contribution >= 4 is 5.97 Å². The van der Waals surface area contributed by atoms with Crippen molar-refractivity contribution < 1.29 is 15.0 Å². The molecule has 0 aliphatic carbocycles. The molecule has 76 valence electrons. The van der Waals surface area contributed by atoms with Gasteiger partial charge in [0.1, 0.15) is 5.75 Å². The maximum absolute atomic E-state index is 10.5. The van der Waals surface area contributed by atoms with Gasteiger partial charge in [-0.05, 0) is 24.5 Å². The van der Waals surface area contributed by atoms with E-state index in [9.17, 15) is 9.90 Å². The van der Waals surface area contributed by atoms with Crippen LogP contribution in [-0.4, -0.2) is 16.2 Å². The summed E-state index contributed by atoms with van der Waals surface area (Å²) in [4.78, 5) is 10.5. The van der Waals surface area contributed by atoms with Crippen molar-refractivity contribution in [1.29, 1.82) is 0 Å². The van der Waals surface area contributed by atoms with Gasteiger partial charge in [-0.2, -0.15) is 0 Å². The predicted octanol–water partition coefficient (Wildman–Crippen LogP) is 2.05. The molecule has 1 unspecified atom stereocenters. The third kappa shape index (κ3) is 2.76. The van der Waals surface area contributed by atoms with Gasteiger partial charge >= 0.3 is 5.97 Å². The van der Waals surface area contributed by atoms with Crippen LogP contribution in [0.3, 0.4) is 0 Å². The number of carbonyl (C=O) groups is 1. The Morgan fingerprint density at radius 1 is 1.43 bits per heavy atom. The molecule has 1 atom stereocenters. The van der Waals surface area contributed by atoms with Gasteiger partial charge in [0.25, 0.3) is 0 Å². The molecule has 3 nitrogen and oxygen atoms in total. The molecule has 0 fully saturated rings. The predicted molar refractivity (Wildman–Crippen MR) is 53.2 cm³/mol. The minimum atomic E-state index is -0.791. The van der Waals surface area contributed by atoms with Crippen molar-refractivity contribution in [3.05, 3.63) is 29.8 Å². The van der Waals surface area contributed by atoms with Crippen molar-refractivity contribution in [1.82, 2.24) is 0 Å². The summed E-state index contributed by atoms with van der Waals surface area (Å²) in [6, 6.07) is 7.00. The normalized spacial score (nSPS) is 12.4. The zero-order valence-electron chi connectivity index (χ0n) is 8.10. The maximum Gasteiger partial charge on any atom is 0.306 e. The second-order valence-electron chi connectivity index (χ2n) is 3.41. The summed E-state index contributed by atoms with van der Waals surface area (Å²) in [6.07, 6.45) is 1.15. The highest BCUT2D eigenvalue weighted by Crippen LogP contribution is 2.19. The topological polar surface area (TPSA) is 57.5 Å². The number of hydrogen-bond acceptors (Lipinski definition) is 2. The Balaban J connectivity index is 2.54. The number of phenols is 1. The maximum atomic E-state index is 10.5. The third-order valence-corrected chi connectivity index (χ3v) is 2.26. The molecule has 0 saturated carbocycles. The number of para-hydroxylation sites is 1. The van der Waals surface area contributed by atoms with Crippen molar-refractivity contribution in [2.24, 2.45) is 5.92 Å². The van der Waals surface area contributed by atoms with Gasteiger partial charge in [0.15, 0.2) is 0 Å². The van der Waals surface area contributed by atoms with Crippen LogP contribution in [0.1, 0.15) is 18.9 Å². The Bertz CT molecular complexity index is 320. The fourth-order valence-electron chi connectivity index (χ4n) is 1.22. The van der Waals surface area contributed by atoms with E-state index < -0.39 is 5.97 Å². The van der Waals surface area contributed by atoms with Crippen LogP contribution in [0.25, 0.3) is 0 Å². The lowest BCUT2D eigenvalue weighted by molar-refractivity contribution is -0.141. The molecule has 1 aromatic carbocycles. The minimum Gasteiger partial charge on any atom is -0.508 e. The number of rotatable bonds is 4. The molecule has 0 aliphatic rings. The highest BCUT2D eigenvalue weighted by molar-refractivity contribution is 5.69. The van der Waals surface area contributed by atoms with Crippen molar-refractivity contribution in [2.75, 3.05) is 0 Å². The van der Waals surface area contributed by atoms with E-state index in [4.69, 9.17) is 5.11 Å². The zero-order chi connectivity index (χ0) is 10.6. The highest BCUT2D eigenvalue weighted by Gasteiger charge is 2.11. The first kappa shape index (κ1) is 10.6. The zero-order valence-corrected chi connectivity index (χ0v) is 8.10. The van der Waals surface area contributed by atoms with Gasteiger partial charge in [0.2, 0.25) is 0 Å². The van der Waals surface area contributed by atoms with Gasteiger partial charge in [0, 0.05) is 0 Å². The summed E-state index contributed by atoms with van der Waals surface area (Å²) in [6.45, 7) is 1.67. The van der Waals surface area contributed by atoms with Crippen LogP contribution in [0.4, 0.5) is 0 Å². The summed E-state index contributed by atoms with van der Waals surface area (Å²) in [5, 5.41) is 18.1. The lowest BCUT2D eigenvalue weighted by Crippen LogP contribution is -2.10. The van der Waals surface area contributed by atoms with E-state index in [0.717, 1.165) is 5.56 Å². The van der Waals surface area contributed by atoms with Crippen LogP contribution in [0, 0.1) is 5.92 Å². The number of aryl methyl sites for hydroxylation is 1. The molecule has 0 aliphatic heterocycles. The largest absolute Gasteiger partial charge is 0.508 e. The van der Waals surface area contributed by atoms with E-state index in [2.05, 4.69) is 0 Å². The van der Waals surface area contributed by atoms with Gasteiger partial charge in [-0.15, -0.1) is 0 Å². The Labute approximate surface area is 83.0 Å². The molecule has 2 N–H and O–H groups in total. The number of carboxylic acid groups (broad SMARTS) is 1. The average molecular weight is 194 g/mol. The molecule has 1 rings (SSSR count). The Kier molecular flexibility index (Phi) is 3.51. The van der Waals surface area contributed by atoms with E-state index in [-0.39, 0.29) is 11.7 Å². The van der Waals surface area contributed by atoms with Gasteiger partial charge in [-0.3, -0.25) is 4.79 Å². The molecule has 14 heavy (non-hydrogen) atoms. The number of aromatic hydroxyl groups is 1. The van der Waals surface area contributed by atoms with Gasteiger partial charge in [0.05, 0.1) is 5.92 Å². The van der Waals surface area contributed by atoms with E-state index in [0.29, 0.717) is 12.8 Å². The summed E-state index contributed by atoms with van der Waals surface area (Å²) < 4.78 is 0. The van der Waals surface area contributed by atoms with Crippen LogP contribution in [0.5, 0.6) is 5.75 Å². The van der Waals surface area contributed by atoms with Crippen molar-refractivity contribution in [3.63, 3.8) is 0 Å². The summed E-state index contributed by atoms with van der Waals surface area (Å²) >= 11 is 0. The number of phenolic OH excluding ortho intramolecular Hbond substituents is 1. The molecular formula is C11H14O3. The Morgan fingerprint density at radius 2 is 2.07 bits per heavy atom. The fourth-order valence-corrected chi connectivity index (χ4v) is 1.22. The van der Waals surface area contributed by atoms with Crippen molar-refractivity contribution in [3.8, 4) is 5.75 Å². The molecule has 0 saturated heterocycles. The Hall–Kier alpha value is -1.51. The van der Waals surface area contributed by atoms with E-state index >= 15 is 0 Å². The standard InChI is InChI=1S/C11H14O3/c1-8(11(13)14)6-7-9-4-2-3-5-10(9)12/h2-5,8,12H,6-7H2,1H3,(H,13,14). The van der Waals surface area contributed by atoms with Crippen LogP contribution in [-0.2, 0) is 11.2 Å². The minimum absolute atomic E-state index is 0.241. The Morgan fingerprint density at radius 3 is 2.64 bits per heavy atom. The SMILES string of the molecule is CC(CCc1ccccc1O)C(=O)O. The molecule has 0 bridgehead atoms. The summed E-state index contributed by atoms with van der Waals surface area (Å²) in [7, 11) is 0. The number of aliphatic carboxylic acids is 1. The van der Waals surface area contributed by atoms with Crippen molar-refractivity contribution in [2.45, 2.75) is 19.8 Å². The second-order valence-corrected chi connectivity index (χ2v) is 3.41. The lowest BCUT2D eigenvalue weighted by atomic mass is 10.0. The lowest BCUT2D eigenvalue weighted by Gasteiger charge is -2.06. The highest BCUT2D eigenvalue weighted by atomic mass is 16.4. The van der Waals surface area contributed by atoms with E-state index in [1.165, 1.54) is 0 Å². The van der Waals surface area contributed by atoms with Crippen LogP contribution < -0.4 is 0 Å². The molecular weight excluding hydrogens is 180 g/mol. The quantitative estimate of drug-likeness (QED) is 0.771. The van der Waals surface area contributed by atoms with E-state index in [1.54, 1.807) is 19.1 Å². The average Bonchev–Trinajstić information content (AvgIpc) is 2.16. The first-order valence-electron chi connectivity index (χ1n) is 4.61. The molecule has 0 heterocycles. The monoisotopic (exact) mass is 194 g/mol. The smallest absolute Gasteiger partial charge is 0.306 e. The number of benzene rings is 1. The summed E-state index contributed by atoms with van der Waals surface area (Å²) in [5.74, 6) is -0.917. The molecule has 3 heteroatoms. The molecule has 0 amide bonds. The van der Waals surface area contributed by atoms with Gasteiger partial charge in [-0.25, -0.2) is 0 Å². The molecule has 1 aromatic rings. The molecule has 0 aromatic heterocycles. The second kappa shape index (κ2) is 4.65. The van der Waals surface area contributed by atoms with Gasteiger partial charge in [-0.1, -0.05) is 25.1 Å². The van der Waals surface area contributed by atoms with Gasteiger partial charge < -0.3 is 10.2 Å². The first-order valence-corrected chi connectivity index (χ1v) is 4.61. The molecule has 0 spiro atoms. The van der Waals surface area contributed by atoms with Crippen LogP contribution in [0.2, 0.25) is 0 Å². The van der Waals surface area contributed by atoms with Crippen LogP contribution in [0.15, 0.2) is 24.3 Å². The summed E-state index contributed by atoms with van der Waals surface area (Å²) in [5.41, 5.74) is 0.806. The third-order valence-electron chi connectivity index (χ3n) is 2.26. The molecule has 0 radical (unpaired) electrons. The van der Waals surface area contributed by atoms with Crippen LogP contribution >= 0.6 is 0 Å². The number of hydrogen-bond donors (Lipinski definition) is 2. The van der Waals surface area contributed by atoms with E-state index in [1.807, 2.05) is 12.1 Å². The first-order chi connectivity index (χ1) is 6.61.